The van der Waals surface area contributed by atoms with Crippen molar-refractivity contribution >= 4 is 5.96 Å². The molecule has 2 rings (SSSR count). The SMILES string of the molecule is CCNC(=NCC(C)(C)C)N1CCN(Cc2ccon2)CC1. The van der Waals surface area contributed by atoms with Crippen molar-refractivity contribution in [2.45, 2.75) is 34.2 Å². The Bertz CT molecular complexity index is 455. The third kappa shape index (κ3) is 5.33. The molecular weight excluding hydrogens is 278 g/mol. The Morgan fingerprint density at radius 1 is 1.32 bits per heavy atom. The van der Waals surface area contributed by atoms with E-state index in [0.717, 1.165) is 57.5 Å². The summed E-state index contributed by atoms with van der Waals surface area (Å²) in [7, 11) is 0. The van der Waals surface area contributed by atoms with Gasteiger partial charge < -0.3 is 14.7 Å². The van der Waals surface area contributed by atoms with Crippen LogP contribution in [0.25, 0.3) is 0 Å². The van der Waals surface area contributed by atoms with Gasteiger partial charge in [-0.15, -0.1) is 0 Å². The molecule has 0 bridgehead atoms. The minimum Gasteiger partial charge on any atom is -0.364 e. The van der Waals surface area contributed by atoms with Crippen LogP contribution in [0.4, 0.5) is 0 Å². The van der Waals surface area contributed by atoms with E-state index in [0.29, 0.717) is 0 Å². The molecule has 0 radical (unpaired) electrons. The van der Waals surface area contributed by atoms with E-state index in [1.165, 1.54) is 0 Å². The van der Waals surface area contributed by atoms with E-state index in [4.69, 9.17) is 9.52 Å². The van der Waals surface area contributed by atoms with Crippen molar-refractivity contribution < 1.29 is 4.52 Å². The van der Waals surface area contributed by atoms with E-state index in [-0.39, 0.29) is 5.41 Å². The van der Waals surface area contributed by atoms with Crippen LogP contribution in [-0.4, -0.2) is 60.2 Å². The van der Waals surface area contributed by atoms with Crippen LogP contribution < -0.4 is 5.32 Å². The first kappa shape index (κ1) is 16.8. The summed E-state index contributed by atoms with van der Waals surface area (Å²) >= 11 is 0. The predicted octanol–water partition coefficient (Wildman–Crippen LogP) is 1.80. The molecule has 1 N–H and O–H groups in total. The summed E-state index contributed by atoms with van der Waals surface area (Å²) in [4.78, 5) is 9.55. The van der Waals surface area contributed by atoms with Gasteiger partial charge in [-0.1, -0.05) is 25.9 Å². The molecule has 1 aliphatic rings. The number of hydrogen-bond donors (Lipinski definition) is 1. The lowest BCUT2D eigenvalue weighted by atomic mass is 9.97. The first-order valence-electron chi connectivity index (χ1n) is 8.13. The van der Waals surface area contributed by atoms with E-state index in [2.05, 4.69) is 48.0 Å². The molecule has 0 amide bonds. The van der Waals surface area contributed by atoms with E-state index in [1.54, 1.807) is 6.26 Å². The molecule has 0 spiro atoms. The van der Waals surface area contributed by atoms with Gasteiger partial charge in [-0.3, -0.25) is 9.89 Å². The van der Waals surface area contributed by atoms with Gasteiger partial charge in [-0.05, 0) is 12.3 Å². The lowest BCUT2D eigenvalue weighted by Crippen LogP contribution is -2.52. The molecule has 124 valence electrons. The molecule has 0 saturated carbocycles. The Morgan fingerprint density at radius 2 is 2.05 bits per heavy atom. The smallest absolute Gasteiger partial charge is 0.194 e. The third-order valence-electron chi connectivity index (χ3n) is 3.59. The fourth-order valence-electron chi connectivity index (χ4n) is 2.40. The van der Waals surface area contributed by atoms with E-state index >= 15 is 0 Å². The third-order valence-corrected chi connectivity index (χ3v) is 3.59. The van der Waals surface area contributed by atoms with Crippen molar-refractivity contribution in [3.05, 3.63) is 18.0 Å². The van der Waals surface area contributed by atoms with E-state index in [1.807, 2.05) is 6.07 Å². The summed E-state index contributed by atoms with van der Waals surface area (Å²) in [6, 6.07) is 1.93. The average Bonchev–Trinajstić information content (AvgIpc) is 2.96. The van der Waals surface area contributed by atoms with Crippen LogP contribution in [0.15, 0.2) is 21.8 Å². The summed E-state index contributed by atoms with van der Waals surface area (Å²) in [5.41, 5.74) is 1.22. The van der Waals surface area contributed by atoms with Gasteiger partial charge in [-0.2, -0.15) is 0 Å². The molecule has 0 aromatic carbocycles. The van der Waals surface area contributed by atoms with Crippen LogP contribution >= 0.6 is 0 Å². The number of aliphatic imine (C=N–C) groups is 1. The Hall–Kier alpha value is -1.56. The molecule has 1 aromatic rings. The van der Waals surface area contributed by atoms with Crippen LogP contribution in [0, 0.1) is 5.41 Å². The fraction of sp³-hybridized carbons (Fsp3) is 0.750. The molecule has 22 heavy (non-hydrogen) atoms. The summed E-state index contributed by atoms with van der Waals surface area (Å²) in [5, 5.41) is 7.40. The van der Waals surface area contributed by atoms with Crippen LogP contribution in [0.3, 0.4) is 0 Å². The summed E-state index contributed by atoms with van der Waals surface area (Å²) in [5.74, 6) is 1.04. The van der Waals surface area contributed by atoms with E-state index < -0.39 is 0 Å². The Morgan fingerprint density at radius 3 is 2.59 bits per heavy atom. The summed E-state index contributed by atoms with van der Waals surface area (Å²) in [6.45, 7) is 15.4. The van der Waals surface area contributed by atoms with Gasteiger partial charge in [0, 0.05) is 51.9 Å². The second kappa shape index (κ2) is 7.63. The normalized spacial score (nSPS) is 17.8. The van der Waals surface area contributed by atoms with Crippen molar-refractivity contribution in [3.8, 4) is 0 Å². The summed E-state index contributed by atoms with van der Waals surface area (Å²) < 4.78 is 4.89. The first-order valence-corrected chi connectivity index (χ1v) is 8.13. The van der Waals surface area contributed by atoms with Crippen LogP contribution in [-0.2, 0) is 6.54 Å². The second-order valence-electron chi connectivity index (χ2n) is 6.98. The Labute approximate surface area is 133 Å². The van der Waals surface area contributed by atoms with Crippen LogP contribution in [0.2, 0.25) is 0 Å². The quantitative estimate of drug-likeness (QED) is 0.679. The highest BCUT2D eigenvalue weighted by Gasteiger charge is 2.21. The topological polar surface area (TPSA) is 56.9 Å². The highest BCUT2D eigenvalue weighted by atomic mass is 16.5. The maximum Gasteiger partial charge on any atom is 0.194 e. The molecule has 0 unspecified atom stereocenters. The zero-order chi connectivity index (χ0) is 16.0. The molecule has 1 fully saturated rings. The van der Waals surface area contributed by atoms with Gasteiger partial charge in [0.15, 0.2) is 5.96 Å². The Kier molecular flexibility index (Phi) is 5.83. The monoisotopic (exact) mass is 307 g/mol. The number of piperazine rings is 1. The molecule has 1 aliphatic heterocycles. The van der Waals surface area contributed by atoms with Crippen LogP contribution in [0.1, 0.15) is 33.4 Å². The highest BCUT2D eigenvalue weighted by molar-refractivity contribution is 5.80. The minimum atomic E-state index is 0.218. The zero-order valence-corrected chi connectivity index (χ0v) is 14.3. The van der Waals surface area contributed by atoms with Gasteiger partial charge in [-0.25, -0.2) is 0 Å². The number of aromatic nitrogens is 1. The standard InChI is InChI=1S/C16H29N5O/c1-5-17-15(18-13-16(2,3)4)21-9-7-20(8-10-21)12-14-6-11-22-19-14/h6,11H,5,7-10,12-13H2,1-4H3,(H,17,18). The zero-order valence-electron chi connectivity index (χ0n) is 14.3. The predicted molar refractivity (Wildman–Crippen MR) is 88.8 cm³/mol. The van der Waals surface area contributed by atoms with Crippen molar-refractivity contribution in [2.75, 3.05) is 39.3 Å². The highest BCUT2D eigenvalue weighted by Crippen LogP contribution is 2.13. The molecule has 2 heterocycles. The average molecular weight is 307 g/mol. The molecule has 0 aliphatic carbocycles. The molecular formula is C16H29N5O. The maximum absolute atomic E-state index is 4.89. The lowest BCUT2D eigenvalue weighted by Gasteiger charge is -2.36. The Balaban J connectivity index is 1.87. The largest absolute Gasteiger partial charge is 0.364 e. The van der Waals surface area contributed by atoms with E-state index in [9.17, 15) is 0 Å². The molecule has 1 aromatic heterocycles. The van der Waals surface area contributed by atoms with Crippen molar-refractivity contribution in [2.24, 2.45) is 10.4 Å². The van der Waals surface area contributed by atoms with Gasteiger partial charge >= 0.3 is 0 Å². The maximum atomic E-state index is 4.89. The number of guanidine groups is 1. The first-order chi connectivity index (χ1) is 10.5. The molecule has 6 heteroatoms. The lowest BCUT2D eigenvalue weighted by molar-refractivity contribution is 0.168. The number of hydrogen-bond acceptors (Lipinski definition) is 4. The van der Waals surface area contributed by atoms with Crippen molar-refractivity contribution in [3.63, 3.8) is 0 Å². The summed E-state index contributed by atoms with van der Waals surface area (Å²) in [6.07, 6.45) is 1.63. The fourth-order valence-corrected chi connectivity index (χ4v) is 2.40. The molecule has 6 nitrogen and oxygen atoms in total. The van der Waals surface area contributed by atoms with Gasteiger partial charge in [0.05, 0.1) is 5.69 Å². The van der Waals surface area contributed by atoms with Gasteiger partial charge in [0.25, 0.3) is 0 Å². The molecule has 0 atom stereocenters. The number of rotatable bonds is 4. The number of nitrogens with zero attached hydrogens (tertiary/aromatic N) is 4. The number of nitrogens with one attached hydrogen (secondary N) is 1. The van der Waals surface area contributed by atoms with Crippen molar-refractivity contribution in [1.29, 1.82) is 0 Å². The van der Waals surface area contributed by atoms with Crippen molar-refractivity contribution in [1.82, 2.24) is 20.3 Å². The minimum absolute atomic E-state index is 0.218. The van der Waals surface area contributed by atoms with Gasteiger partial charge in [0.1, 0.15) is 6.26 Å². The van der Waals surface area contributed by atoms with Crippen LogP contribution in [0.5, 0.6) is 0 Å². The second-order valence-corrected chi connectivity index (χ2v) is 6.98. The molecule has 1 saturated heterocycles. The van der Waals surface area contributed by atoms with Gasteiger partial charge in [0.2, 0.25) is 0 Å².